The zero-order valence-corrected chi connectivity index (χ0v) is 12.4. The van der Waals surface area contributed by atoms with Gasteiger partial charge < -0.3 is 5.32 Å². The molecule has 1 unspecified atom stereocenters. The van der Waals surface area contributed by atoms with Crippen LogP contribution in [-0.4, -0.2) is 20.9 Å². The van der Waals surface area contributed by atoms with Crippen molar-refractivity contribution in [3.8, 4) is 0 Å². The van der Waals surface area contributed by atoms with Gasteiger partial charge in [0.15, 0.2) is 0 Å². The van der Waals surface area contributed by atoms with Crippen LogP contribution in [0, 0.1) is 6.92 Å². The number of carbonyl (C=O) groups excluding carboxylic acids is 1. The normalized spacial score (nSPS) is 12.1. The molecule has 3 rings (SSSR count). The summed E-state index contributed by atoms with van der Waals surface area (Å²) in [5, 5.41) is 3.72. The molecule has 0 aliphatic carbocycles. The summed E-state index contributed by atoms with van der Waals surface area (Å²) >= 11 is 0. The number of aromatic nitrogens is 3. The van der Waals surface area contributed by atoms with Crippen LogP contribution in [0.1, 0.15) is 34.8 Å². The number of fused-ring (bicyclic) bond motifs is 1. The molecule has 0 saturated heterocycles. The van der Waals surface area contributed by atoms with E-state index in [9.17, 15) is 4.79 Å². The van der Waals surface area contributed by atoms with E-state index >= 15 is 0 Å². The molecule has 2 aromatic heterocycles. The Morgan fingerprint density at radius 1 is 1.14 bits per heavy atom. The molecule has 0 radical (unpaired) electrons. The van der Waals surface area contributed by atoms with Crippen LogP contribution in [0.4, 0.5) is 0 Å². The Labute approximate surface area is 128 Å². The quantitative estimate of drug-likeness (QED) is 0.806. The molecule has 5 heteroatoms. The van der Waals surface area contributed by atoms with Crippen LogP contribution in [0.5, 0.6) is 0 Å². The largest absolute Gasteiger partial charge is 0.344 e. The average molecular weight is 292 g/mol. The van der Waals surface area contributed by atoms with E-state index in [1.165, 1.54) is 0 Å². The Morgan fingerprint density at radius 2 is 1.95 bits per heavy atom. The lowest BCUT2D eigenvalue weighted by atomic mass is 10.1. The van der Waals surface area contributed by atoms with E-state index in [-0.39, 0.29) is 11.9 Å². The average Bonchev–Trinajstić information content (AvgIpc) is 2.54. The van der Waals surface area contributed by atoms with Crippen LogP contribution in [-0.2, 0) is 0 Å². The highest BCUT2D eigenvalue weighted by molar-refractivity contribution is 6.04. The lowest BCUT2D eigenvalue weighted by molar-refractivity contribution is 0.0936. The Bertz CT molecular complexity index is 817. The lowest BCUT2D eigenvalue weighted by Crippen LogP contribution is -2.28. The van der Waals surface area contributed by atoms with E-state index in [4.69, 9.17) is 0 Å². The first-order valence-corrected chi connectivity index (χ1v) is 7.09. The molecule has 110 valence electrons. The van der Waals surface area contributed by atoms with Gasteiger partial charge in [-0.25, -0.2) is 9.97 Å². The number of pyridine rings is 1. The first kappa shape index (κ1) is 14.1. The fourth-order valence-corrected chi connectivity index (χ4v) is 2.35. The smallest absolute Gasteiger partial charge is 0.271 e. The Balaban J connectivity index is 1.93. The van der Waals surface area contributed by atoms with Crippen molar-refractivity contribution in [2.45, 2.75) is 19.9 Å². The molecule has 22 heavy (non-hydrogen) atoms. The SMILES string of the molecule is Cc1nc(C(=O)NC(C)c2cccnc2)c2ccccc2n1. The molecule has 0 bridgehead atoms. The number of para-hydroxylation sites is 1. The number of carbonyl (C=O) groups is 1. The molecule has 0 fully saturated rings. The second-order valence-electron chi connectivity index (χ2n) is 5.12. The van der Waals surface area contributed by atoms with Gasteiger partial charge in [0.2, 0.25) is 0 Å². The molecule has 3 aromatic rings. The third-order valence-corrected chi connectivity index (χ3v) is 3.46. The molecule has 1 amide bonds. The first-order valence-electron chi connectivity index (χ1n) is 7.09. The monoisotopic (exact) mass is 292 g/mol. The predicted octanol–water partition coefficient (Wildman–Crippen LogP) is 2.82. The number of amides is 1. The zero-order valence-electron chi connectivity index (χ0n) is 12.4. The highest BCUT2D eigenvalue weighted by Crippen LogP contribution is 2.17. The van der Waals surface area contributed by atoms with Crippen molar-refractivity contribution in [3.63, 3.8) is 0 Å². The van der Waals surface area contributed by atoms with E-state index in [2.05, 4.69) is 20.3 Å². The summed E-state index contributed by atoms with van der Waals surface area (Å²) in [4.78, 5) is 25.3. The van der Waals surface area contributed by atoms with E-state index in [1.807, 2.05) is 43.3 Å². The number of rotatable bonds is 3. The molecule has 0 aliphatic rings. The molecule has 1 atom stereocenters. The maximum atomic E-state index is 12.6. The topological polar surface area (TPSA) is 67.8 Å². The van der Waals surface area contributed by atoms with Gasteiger partial charge in [0.1, 0.15) is 11.5 Å². The van der Waals surface area contributed by atoms with Gasteiger partial charge in [0.05, 0.1) is 11.6 Å². The maximum Gasteiger partial charge on any atom is 0.271 e. The summed E-state index contributed by atoms with van der Waals surface area (Å²) in [6, 6.07) is 11.2. The van der Waals surface area contributed by atoms with Crippen LogP contribution in [0.3, 0.4) is 0 Å². The van der Waals surface area contributed by atoms with Gasteiger partial charge in [-0.05, 0) is 31.5 Å². The number of hydrogen-bond donors (Lipinski definition) is 1. The molecular formula is C17H16N4O. The number of aryl methyl sites for hydroxylation is 1. The van der Waals surface area contributed by atoms with E-state index in [1.54, 1.807) is 19.3 Å². The van der Waals surface area contributed by atoms with Crippen molar-refractivity contribution in [3.05, 3.63) is 65.9 Å². The van der Waals surface area contributed by atoms with Gasteiger partial charge in [-0.2, -0.15) is 0 Å². The van der Waals surface area contributed by atoms with Crippen molar-refractivity contribution in [2.24, 2.45) is 0 Å². The minimum absolute atomic E-state index is 0.143. The minimum atomic E-state index is -0.210. The van der Waals surface area contributed by atoms with Gasteiger partial charge in [-0.15, -0.1) is 0 Å². The number of nitrogens with one attached hydrogen (secondary N) is 1. The number of hydrogen-bond acceptors (Lipinski definition) is 4. The van der Waals surface area contributed by atoms with E-state index in [0.29, 0.717) is 11.5 Å². The summed E-state index contributed by atoms with van der Waals surface area (Å²) in [7, 11) is 0. The van der Waals surface area contributed by atoms with Crippen molar-refractivity contribution in [1.29, 1.82) is 0 Å². The Kier molecular flexibility index (Phi) is 3.78. The predicted molar refractivity (Wildman–Crippen MR) is 84.4 cm³/mol. The second-order valence-corrected chi connectivity index (χ2v) is 5.12. The molecule has 0 saturated carbocycles. The van der Waals surface area contributed by atoms with E-state index in [0.717, 1.165) is 16.5 Å². The summed E-state index contributed by atoms with van der Waals surface area (Å²) in [6.45, 7) is 3.71. The molecule has 0 aliphatic heterocycles. The van der Waals surface area contributed by atoms with Crippen LogP contribution in [0.2, 0.25) is 0 Å². The van der Waals surface area contributed by atoms with Gasteiger partial charge in [0, 0.05) is 17.8 Å². The number of benzene rings is 1. The van der Waals surface area contributed by atoms with E-state index < -0.39 is 0 Å². The summed E-state index contributed by atoms with van der Waals surface area (Å²) in [5.74, 6) is 0.371. The summed E-state index contributed by atoms with van der Waals surface area (Å²) in [5.41, 5.74) is 2.12. The Hall–Kier alpha value is -2.82. The zero-order chi connectivity index (χ0) is 15.5. The highest BCUT2D eigenvalue weighted by Gasteiger charge is 2.16. The van der Waals surface area contributed by atoms with Crippen LogP contribution in [0.15, 0.2) is 48.8 Å². The summed E-state index contributed by atoms with van der Waals surface area (Å²) < 4.78 is 0. The van der Waals surface area contributed by atoms with Crippen molar-refractivity contribution < 1.29 is 4.79 Å². The van der Waals surface area contributed by atoms with Crippen LogP contribution >= 0.6 is 0 Å². The fraction of sp³-hybridized carbons (Fsp3) is 0.176. The van der Waals surface area contributed by atoms with Gasteiger partial charge in [-0.1, -0.05) is 24.3 Å². The highest BCUT2D eigenvalue weighted by atomic mass is 16.1. The van der Waals surface area contributed by atoms with Gasteiger partial charge in [0.25, 0.3) is 5.91 Å². The lowest BCUT2D eigenvalue weighted by Gasteiger charge is -2.14. The second kappa shape index (κ2) is 5.89. The van der Waals surface area contributed by atoms with Crippen LogP contribution in [0.25, 0.3) is 10.9 Å². The molecule has 0 spiro atoms. The molecule has 1 N–H and O–H groups in total. The standard InChI is InChI=1S/C17H16N4O/c1-11(13-6-5-9-18-10-13)19-17(22)16-14-7-3-4-8-15(14)20-12(2)21-16/h3-11H,1-2H3,(H,19,22). The summed E-state index contributed by atoms with van der Waals surface area (Å²) in [6.07, 6.45) is 3.45. The minimum Gasteiger partial charge on any atom is -0.344 e. The molecule has 2 heterocycles. The molecule has 1 aromatic carbocycles. The maximum absolute atomic E-state index is 12.6. The van der Waals surface area contributed by atoms with Crippen LogP contribution < -0.4 is 5.32 Å². The third-order valence-electron chi connectivity index (χ3n) is 3.46. The van der Waals surface area contributed by atoms with Gasteiger partial charge >= 0.3 is 0 Å². The Morgan fingerprint density at radius 3 is 2.73 bits per heavy atom. The number of nitrogens with zero attached hydrogens (tertiary/aromatic N) is 3. The first-order chi connectivity index (χ1) is 10.6. The fourth-order valence-electron chi connectivity index (χ4n) is 2.35. The third kappa shape index (κ3) is 2.79. The van der Waals surface area contributed by atoms with Crippen molar-refractivity contribution >= 4 is 16.8 Å². The molecular weight excluding hydrogens is 276 g/mol. The molecule has 5 nitrogen and oxygen atoms in total. The van der Waals surface area contributed by atoms with Gasteiger partial charge in [-0.3, -0.25) is 9.78 Å². The van der Waals surface area contributed by atoms with Crippen molar-refractivity contribution in [2.75, 3.05) is 0 Å². The van der Waals surface area contributed by atoms with Crippen molar-refractivity contribution in [1.82, 2.24) is 20.3 Å².